The highest BCUT2D eigenvalue weighted by molar-refractivity contribution is 5.80. The van der Waals surface area contributed by atoms with Crippen molar-refractivity contribution in [3.05, 3.63) is 18.0 Å². The average molecular weight is 250 g/mol. The van der Waals surface area contributed by atoms with Crippen molar-refractivity contribution in [1.82, 2.24) is 14.9 Å². The molecule has 0 aliphatic rings. The largest absolute Gasteiger partial charge is 0.347 e. The van der Waals surface area contributed by atoms with Crippen LogP contribution in [0.1, 0.15) is 23.7 Å². The van der Waals surface area contributed by atoms with Gasteiger partial charge in [-0.3, -0.25) is 9.59 Å². The quantitative estimate of drug-likeness (QED) is 0.691. The molecule has 98 valence electrons. The molecule has 18 heavy (non-hydrogen) atoms. The highest BCUT2D eigenvalue weighted by Gasteiger charge is 2.14. The molecule has 0 fully saturated rings. The number of nitrogens with zero attached hydrogens (tertiary/aromatic N) is 4. The van der Waals surface area contributed by atoms with E-state index < -0.39 is 0 Å². The number of hydrogen-bond donors (Lipinski definition) is 0. The predicted molar refractivity (Wildman–Crippen MR) is 68.6 cm³/mol. The average Bonchev–Trinajstić information content (AvgIpc) is 2.38. The van der Waals surface area contributed by atoms with Gasteiger partial charge in [-0.05, 0) is 6.42 Å². The van der Waals surface area contributed by atoms with Crippen molar-refractivity contribution in [2.24, 2.45) is 0 Å². The standard InChI is InChI=1S/C12H18N4O2/c1-4-5-16(8-11(18)15(2)3)12-13-6-10(9-17)7-14-12/h6-7,9H,4-5,8H2,1-3H3. The third-order valence-electron chi connectivity index (χ3n) is 2.40. The van der Waals surface area contributed by atoms with Gasteiger partial charge in [0.1, 0.15) is 0 Å². The van der Waals surface area contributed by atoms with Gasteiger partial charge in [-0.1, -0.05) is 6.92 Å². The summed E-state index contributed by atoms with van der Waals surface area (Å²) < 4.78 is 0. The van der Waals surface area contributed by atoms with Crippen LogP contribution < -0.4 is 4.90 Å². The van der Waals surface area contributed by atoms with E-state index >= 15 is 0 Å². The first kappa shape index (κ1) is 14.1. The third kappa shape index (κ3) is 3.80. The fraction of sp³-hybridized carbons (Fsp3) is 0.500. The Balaban J connectivity index is 2.82. The van der Waals surface area contributed by atoms with E-state index in [1.165, 1.54) is 17.3 Å². The molecule has 0 aliphatic carbocycles. The van der Waals surface area contributed by atoms with Crippen molar-refractivity contribution in [2.45, 2.75) is 13.3 Å². The molecule has 1 aromatic rings. The molecule has 0 atom stereocenters. The fourth-order valence-electron chi connectivity index (χ4n) is 1.38. The summed E-state index contributed by atoms with van der Waals surface area (Å²) in [7, 11) is 3.42. The summed E-state index contributed by atoms with van der Waals surface area (Å²) in [4.78, 5) is 33.7. The lowest BCUT2D eigenvalue weighted by molar-refractivity contribution is -0.127. The van der Waals surface area contributed by atoms with Crippen molar-refractivity contribution in [3.8, 4) is 0 Å². The number of aromatic nitrogens is 2. The van der Waals surface area contributed by atoms with Crippen LogP contribution in [0, 0.1) is 0 Å². The molecule has 6 nitrogen and oxygen atoms in total. The summed E-state index contributed by atoms with van der Waals surface area (Å²) in [5.41, 5.74) is 0.425. The van der Waals surface area contributed by atoms with Crippen molar-refractivity contribution in [2.75, 3.05) is 32.1 Å². The van der Waals surface area contributed by atoms with Crippen LogP contribution in [0.3, 0.4) is 0 Å². The molecule has 1 aromatic heterocycles. The number of carbonyl (C=O) groups excluding carboxylic acids is 2. The molecular formula is C12H18N4O2. The molecule has 0 saturated carbocycles. The Morgan fingerprint density at radius 2 is 1.94 bits per heavy atom. The smallest absolute Gasteiger partial charge is 0.241 e. The Bertz CT molecular complexity index is 403. The molecule has 0 saturated heterocycles. The minimum Gasteiger partial charge on any atom is -0.347 e. The minimum absolute atomic E-state index is 0.00786. The molecule has 1 heterocycles. The first-order valence-electron chi connectivity index (χ1n) is 5.80. The zero-order chi connectivity index (χ0) is 13.5. The van der Waals surface area contributed by atoms with Crippen LogP contribution >= 0.6 is 0 Å². The molecule has 0 spiro atoms. The summed E-state index contributed by atoms with van der Waals surface area (Å²) in [6.07, 6.45) is 4.49. The zero-order valence-corrected chi connectivity index (χ0v) is 11.0. The summed E-state index contributed by atoms with van der Waals surface area (Å²) in [6.45, 7) is 2.95. The summed E-state index contributed by atoms with van der Waals surface area (Å²) in [5.74, 6) is 0.462. The highest BCUT2D eigenvalue weighted by Crippen LogP contribution is 2.07. The lowest BCUT2D eigenvalue weighted by Crippen LogP contribution is -2.38. The Morgan fingerprint density at radius 3 is 2.39 bits per heavy atom. The number of hydrogen-bond acceptors (Lipinski definition) is 5. The Labute approximate surface area is 107 Å². The lowest BCUT2D eigenvalue weighted by Gasteiger charge is -2.23. The van der Waals surface area contributed by atoms with E-state index in [9.17, 15) is 9.59 Å². The first-order chi connectivity index (χ1) is 8.58. The van der Waals surface area contributed by atoms with Gasteiger partial charge in [-0.2, -0.15) is 0 Å². The minimum atomic E-state index is -0.00786. The SMILES string of the molecule is CCCN(CC(=O)N(C)C)c1ncc(C=O)cn1. The second-order valence-corrected chi connectivity index (χ2v) is 4.14. The maximum absolute atomic E-state index is 11.7. The van der Waals surface area contributed by atoms with Crippen molar-refractivity contribution in [1.29, 1.82) is 0 Å². The number of likely N-dealkylation sites (N-methyl/N-ethyl adjacent to an activating group) is 1. The van der Waals surface area contributed by atoms with Gasteiger partial charge in [-0.25, -0.2) is 9.97 Å². The fourth-order valence-corrected chi connectivity index (χ4v) is 1.38. The second-order valence-electron chi connectivity index (χ2n) is 4.14. The van der Waals surface area contributed by atoms with Gasteiger partial charge in [0, 0.05) is 33.0 Å². The maximum atomic E-state index is 11.7. The van der Waals surface area contributed by atoms with Crippen molar-refractivity contribution < 1.29 is 9.59 Å². The van der Waals surface area contributed by atoms with Gasteiger partial charge in [0.15, 0.2) is 6.29 Å². The van der Waals surface area contributed by atoms with Crippen LogP contribution in [0.2, 0.25) is 0 Å². The van der Waals surface area contributed by atoms with Gasteiger partial charge >= 0.3 is 0 Å². The van der Waals surface area contributed by atoms with E-state index in [-0.39, 0.29) is 12.5 Å². The van der Waals surface area contributed by atoms with Crippen LogP contribution in [0.15, 0.2) is 12.4 Å². The number of carbonyl (C=O) groups is 2. The Kier molecular flexibility index (Phi) is 5.23. The number of rotatable bonds is 6. The van der Waals surface area contributed by atoms with Crippen molar-refractivity contribution >= 4 is 18.1 Å². The van der Waals surface area contributed by atoms with E-state index in [1.807, 2.05) is 6.92 Å². The van der Waals surface area contributed by atoms with Crippen LogP contribution in [-0.4, -0.2) is 54.2 Å². The lowest BCUT2D eigenvalue weighted by atomic mass is 10.3. The van der Waals surface area contributed by atoms with E-state index in [0.29, 0.717) is 24.3 Å². The summed E-state index contributed by atoms with van der Waals surface area (Å²) >= 11 is 0. The zero-order valence-electron chi connectivity index (χ0n) is 11.0. The van der Waals surface area contributed by atoms with E-state index in [0.717, 1.165) is 6.42 Å². The maximum Gasteiger partial charge on any atom is 0.241 e. The molecule has 0 aromatic carbocycles. The summed E-state index contributed by atoms with van der Waals surface area (Å²) in [6, 6.07) is 0. The van der Waals surface area contributed by atoms with Gasteiger partial charge < -0.3 is 9.80 Å². The number of amides is 1. The van der Waals surface area contributed by atoms with Crippen LogP contribution in [0.25, 0.3) is 0 Å². The van der Waals surface area contributed by atoms with E-state index in [2.05, 4.69) is 9.97 Å². The van der Waals surface area contributed by atoms with Gasteiger partial charge in [0.2, 0.25) is 11.9 Å². The normalized spacial score (nSPS) is 9.94. The molecular weight excluding hydrogens is 232 g/mol. The van der Waals surface area contributed by atoms with Gasteiger partial charge in [0.05, 0.1) is 12.1 Å². The number of aldehydes is 1. The molecule has 1 rings (SSSR count). The Morgan fingerprint density at radius 1 is 1.33 bits per heavy atom. The molecule has 0 bridgehead atoms. The topological polar surface area (TPSA) is 66.4 Å². The number of anilines is 1. The van der Waals surface area contributed by atoms with Crippen LogP contribution in [0.4, 0.5) is 5.95 Å². The molecule has 0 N–H and O–H groups in total. The van der Waals surface area contributed by atoms with Crippen molar-refractivity contribution in [3.63, 3.8) is 0 Å². The van der Waals surface area contributed by atoms with Crippen LogP contribution in [-0.2, 0) is 4.79 Å². The molecule has 0 radical (unpaired) electrons. The summed E-state index contributed by atoms with van der Waals surface area (Å²) in [5, 5.41) is 0. The van der Waals surface area contributed by atoms with Gasteiger partial charge in [0.25, 0.3) is 0 Å². The molecule has 0 unspecified atom stereocenters. The monoisotopic (exact) mass is 250 g/mol. The van der Waals surface area contributed by atoms with Crippen LogP contribution in [0.5, 0.6) is 0 Å². The van der Waals surface area contributed by atoms with E-state index in [4.69, 9.17) is 0 Å². The first-order valence-corrected chi connectivity index (χ1v) is 5.80. The van der Waals surface area contributed by atoms with E-state index in [1.54, 1.807) is 19.0 Å². The predicted octanol–water partition coefficient (Wildman–Crippen LogP) is 0.594. The third-order valence-corrected chi connectivity index (χ3v) is 2.40. The highest BCUT2D eigenvalue weighted by atomic mass is 16.2. The Hall–Kier alpha value is -1.98. The molecule has 0 aliphatic heterocycles. The second kappa shape index (κ2) is 6.68. The van der Waals surface area contributed by atoms with Gasteiger partial charge in [-0.15, -0.1) is 0 Å². The molecule has 1 amide bonds. The molecule has 6 heteroatoms.